The smallest absolute Gasteiger partial charge is 0.135 e. The molecule has 0 radical (unpaired) electrons. The summed E-state index contributed by atoms with van der Waals surface area (Å²) < 4.78 is 0. The van der Waals surface area contributed by atoms with E-state index < -0.39 is 0 Å². The lowest BCUT2D eigenvalue weighted by molar-refractivity contribution is 0.756. The summed E-state index contributed by atoms with van der Waals surface area (Å²) >= 11 is 6.17. The van der Waals surface area contributed by atoms with Crippen molar-refractivity contribution in [2.45, 2.75) is 33.1 Å². The van der Waals surface area contributed by atoms with Crippen LogP contribution in [0.3, 0.4) is 0 Å². The molecule has 2 aromatic heterocycles. The Bertz CT molecular complexity index is 538. The van der Waals surface area contributed by atoms with E-state index >= 15 is 0 Å². The van der Waals surface area contributed by atoms with Gasteiger partial charge in [-0.25, -0.2) is 9.97 Å². The van der Waals surface area contributed by atoms with Crippen LogP contribution in [0.5, 0.6) is 0 Å². The summed E-state index contributed by atoms with van der Waals surface area (Å²) in [6.45, 7) is 6.09. The third-order valence-corrected chi connectivity index (χ3v) is 3.21. The Morgan fingerprint density at radius 1 is 1.17 bits per heavy atom. The molecule has 0 aliphatic rings. The topological polar surface area (TPSA) is 38.7 Å². The van der Waals surface area contributed by atoms with Gasteiger partial charge >= 0.3 is 0 Å². The van der Waals surface area contributed by atoms with E-state index in [-0.39, 0.29) is 5.92 Å². The first-order chi connectivity index (χ1) is 8.58. The third-order valence-electron chi connectivity index (χ3n) is 2.84. The second-order valence-electron chi connectivity index (χ2n) is 4.63. The molecular weight excluding hydrogens is 246 g/mol. The van der Waals surface area contributed by atoms with Crippen LogP contribution in [0.25, 0.3) is 0 Å². The average Bonchev–Trinajstić information content (AvgIpc) is 2.35. The molecule has 3 nitrogen and oxygen atoms in total. The van der Waals surface area contributed by atoms with Crippen molar-refractivity contribution in [3.8, 4) is 0 Å². The normalized spacial score (nSPS) is 10.9. The lowest BCUT2D eigenvalue weighted by Gasteiger charge is -2.11. The highest BCUT2D eigenvalue weighted by Gasteiger charge is 2.12. The van der Waals surface area contributed by atoms with E-state index in [1.807, 2.05) is 19.1 Å². The van der Waals surface area contributed by atoms with Crippen molar-refractivity contribution in [3.63, 3.8) is 0 Å². The summed E-state index contributed by atoms with van der Waals surface area (Å²) in [5, 5.41) is 0.553. The predicted octanol–water partition coefficient (Wildman–Crippen LogP) is 3.55. The zero-order valence-electron chi connectivity index (χ0n) is 10.8. The fourth-order valence-corrected chi connectivity index (χ4v) is 1.87. The van der Waals surface area contributed by atoms with E-state index in [1.165, 1.54) is 5.56 Å². The number of hydrogen-bond acceptors (Lipinski definition) is 3. The van der Waals surface area contributed by atoms with Gasteiger partial charge in [-0.1, -0.05) is 25.4 Å². The molecule has 0 saturated carbocycles. The highest BCUT2D eigenvalue weighted by Crippen LogP contribution is 2.21. The standard InChI is InChI=1S/C14H16ClN3/c1-9(2)14-17-12(10(3)13(15)18-14)8-11-4-6-16-7-5-11/h4-7,9H,8H2,1-3H3. The second kappa shape index (κ2) is 5.44. The number of aromatic nitrogens is 3. The molecule has 0 aliphatic heterocycles. The minimum Gasteiger partial charge on any atom is -0.265 e. The highest BCUT2D eigenvalue weighted by atomic mass is 35.5. The fourth-order valence-electron chi connectivity index (χ4n) is 1.67. The maximum absolute atomic E-state index is 6.17. The molecule has 0 fully saturated rings. The lowest BCUT2D eigenvalue weighted by Crippen LogP contribution is -2.05. The van der Waals surface area contributed by atoms with E-state index in [9.17, 15) is 0 Å². The lowest BCUT2D eigenvalue weighted by atomic mass is 10.1. The van der Waals surface area contributed by atoms with Crippen LogP contribution in [0.2, 0.25) is 5.15 Å². The van der Waals surface area contributed by atoms with Crippen molar-refractivity contribution in [1.82, 2.24) is 15.0 Å². The van der Waals surface area contributed by atoms with Crippen LogP contribution in [0.15, 0.2) is 24.5 Å². The van der Waals surface area contributed by atoms with Gasteiger partial charge in [0.2, 0.25) is 0 Å². The number of rotatable bonds is 3. The molecule has 2 heterocycles. The highest BCUT2D eigenvalue weighted by molar-refractivity contribution is 6.30. The molecule has 0 saturated heterocycles. The van der Waals surface area contributed by atoms with Gasteiger partial charge in [-0.3, -0.25) is 4.98 Å². The molecule has 18 heavy (non-hydrogen) atoms. The number of halogens is 1. The molecule has 2 rings (SSSR count). The van der Waals surface area contributed by atoms with E-state index in [1.54, 1.807) is 12.4 Å². The van der Waals surface area contributed by atoms with Gasteiger partial charge in [0, 0.05) is 30.3 Å². The summed E-state index contributed by atoms with van der Waals surface area (Å²) in [6.07, 6.45) is 4.34. The van der Waals surface area contributed by atoms with E-state index in [0.29, 0.717) is 5.15 Å². The maximum atomic E-state index is 6.17. The van der Waals surface area contributed by atoms with Crippen molar-refractivity contribution in [3.05, 3.63) is 52.3 Å². The first-order valence-corrected chi connectivity index (χ1v) is 6.37. The van der Waals surface area contributed by atoms with Gasteiger partial charge in [0.15, 0.2) is 0 Å². The molecule has 94 valence electrons. The molecular formula is C14H16ClN3. The Morgan fingerprint density at radius 2 is 1.83 bits per heavy atom. The third kappa shape index (κ3) is 2.85. The van der Waals surface area contributed by atoms with Gasteiger partial charge in [-0.2, -0.15) is 0 Å². The predicted molar refractivity (Wildman–Crippen MR) is 72.9 cm³/mol. The summed E-state index contributed by atoms with van der Waals surface area (Å²) in [6, 6.07) is 3.98. The minimum absolute atomic E-state index is 0.277. The molecule has 0 N–H and O–H groups in total. The molecule has 2 aromatic rings. The van der Waals surface area contributed by atoms with E-state index in [0.717, 1.165) is 23.5 Å². The molecule has 0 amide bonds. The van der Waals surface area contributed by atoms with Crippen molar-refractivity contribution in [1.29, 1.82) is 0 Å². The first kappa shape index (κ1) is 13.0. The summed E-state index contributed by atoms with van der Waals surface area (Å²) in [5.41, 5.74) is 3.13. The Balaban J connectivity index is 2.38. The first-order valence-electron chi connectivity index (χ1n) is 5.99. The largest absolute Gasteiger partial charge is 0.265 e. The van der Waals surface area contributed by atoms with Crippen LogP contribution in [0.1, 0.15) is 42.4 Å². The summed E-state index contributed by atoms with van der Waals surface area (Å²) in [7, 11) is 0. The van der Waals surface area contributed by atoms with Crippen LogP contribution in [-0.4, -0.2) is 15.0 Å². The molecule has 0 bridgehead atoms. The van der Waals surface area contributed by atoms with Gasteiger partial charge in [0.1, 0.15) is 11.0 Å². The molecule has 0 atom stereocenters. The molecule has 4 heteroatoms. The quantitative estimate of drug-likeness (QED) is 0.793. The minimum atomic E-state index is 0.277. The van der Waals surface area contributed by atoms with Crippen LogP contribution >= 0.6 is 11.6 Å². The van der Waals surface area contributed by atoms with Crippen molar-refractivity contribution >= 4 is 11.6 Å². The number of pyridine rings is 1. The van der Waals surface area contributed by atoms with Crippen LogP contribution in [0, 0.1) is 6.92 Å². The Labute approximate surface area is 112 Å². The van der Waals surface area contributed by atoms with E-state index in [2.05, 4.69) is 28.8 Å². The fraction of sp³-hybridized carbons (Fsp3) is 0.357. The number of nitrogens with zero attached hydrogens (tertiary/aromatic N) is 3. The number of hydrogen-bond donors (Lipinski definition) is 0. The Morgan fingerprint density at radius 3 is 2.44 bits per heavy atom. The van der Waals surface area contributed by atoms with Crippen molar-refractivity contribution < 1.29 is 0 Å². The monoisotopic (exact) mass is 261 g/mol. The van der Waals surface area contributed by atoms with Gasteiger partial charge in [-0.15, -0.1) is 0 Å². The van der Waals surface area contributed by atoms with Gasteiger partial charge in [0.05, 0.1) is 5.69 Å². The van der Waals surface area contributed by atoms with Crippen LogP contribution in [0.4, 0.5) is 0 Å². The second-order valence-corrected chi connectivity index (χ2v) is 4.99. The summed E-state index contributed by atoms with van der Waals surface area (Å²) in [4.78, 5) is 12.9. The van der Waals surface area contributed by atoms with Gasteiger partial charge in [-0.05, 0) is 24.6 Å². The zero-order chi connectivity index (χ0) is 13.1. The van der Waals surface area contributed by atoms with Gasteiger partial charge in [0.25, 0.3) is 0 Å². The molecule has 0 aliphatic carbocycles. The molecule has 0 spiro atoms. The van der Waals surface area contributed by atoms with Crippen molar-refractivity contribution in [2.75, 3.05) is 0 Å². The molecule has 0 unspecified atom stereocenters. The maximum Gasteiger partial charge on any atom is 0.135 e. The van der Waals surface area contributed by atoms with E-state index in [4.69, 9.17) is 11.6 Å². The molecule has 0 aromatic carbocycles. The average molecular weight is 262 g/mol. The zero-order valence-corrected chi connectivity index (χ0v) is 11.6. The Kier molecular flexibility index (Phi) is 3.92. The van der Waals surface area contributed by atoms with Gasteiger partial charge < -0.3 is 0 Å². The van der Waals surface area contributed by atoms with Crippen LogP contribution < -0.4 is 0 Å². The van der Waals surface area contributed by atoms with Crippen molar-refractivity contribution in [2.24, 2.45) is 0 Å². The SMILES string of the molecule is Cc1c(Cl)nc(C(C)C)nc1Cc1ccncc1. The van der Waals surface area contributed by atoms with Crippen LogP contribution in [-0.2, 0) is 6.42 Å². The Hall–Kier alpha value is -1.48. The summed E-state index contributed by atoms with van der Waals surface area (Å²) in [5.74, 6) is 1.08.